The van der Waals surface area contributed by atoms with Gasteiger partial charge in [0.25, 0.3) is 0 Å². The molecule has 1 saturated heterocycles. The highest BCUT2D eigenvalue weighted by molar-refractivity contribution is 9.15. The summed E-state index contributed by atoms with van der Waals surface area (Å²) >= 11 is 10.0. The summed E-state index contributed by atoms with van der Waals surface area (Å²) in [6.07, 6.45) is 6.46. The number of nitrogens with one attached hydrogen (secondary N) is 1. The van der Waals surface area contributed by atoms with Crippen molar-refractivity contribution in [2.75, 3.05) is 13.1 Å². The van der Waals surface area contributed by atoms with Crippen LogP contribution in [0.25, 0.3) is 10.6 Å². The average Bonchev–Trinajstić information content (AvgIpc) is 2.78. The first-order chi connectivity index (χ1) is 12.2. The first kappa shape index (κ1) is 18.6. The molecule has 25 heavy (non-hydrogen) atoms. The van der Waals surface area contributed by atoms with Crippen LogP contribution in [0, 0.1) is 5.92 Å². The molecule has 0 bridgehead atoms. The molecule has 1 aliphatic carbocycles. The molecule has 132 valence electrons. The summed E-state index contributed by atoms with van der Waals surface area (Å²) in [5.41, 5.74) is 4.92. The van der Waals surface area contributed by atoms with Gasteiger partial charge in [-0.05, 0) is 67.3 Å². The van der Waals surface area contributed by atoms with E-state index in [1.807, 2.05) is 32.2 Å². The Kier molecular flexibility index (Phi) is 6.32. The lowest BCUT2D eigenvalue weighted by Gasteiger charge is -2.32. The Balaban J connectivity index is 0.000000880. The molecule has 2 heterocycles. The van der Waals surface area contributed by atoms with Crippen LogP contribution in [0.15, 0.2) is 36.5 Å². The van der Waals surface area contributed by atoms with Gasteiger partial charge in [0.15, 0.2) is 0 Å². The topological polar surface area (TPSA) is 24.9 Å². The molecule has 1 atom stereocenters. The van der Waals surface area contributed by atoms with Gasteiger partial charge in [0.2, 0.25) is 0 Å². The van der Waals surface area contributed by atoms with Crippen LogP contribution < -0.4 is 5.32 Å². The molecule has 1 N–H and O–H groups in total. The van der Waals surface area contributed by atoms with Gasteiger partial charge in [-0.2, -0.15) is 0 Å². The van der Waals surface area contributed by atoms with Crippen LogP contribution in [0.1, 0.15) is 55.0 Å². The zero-order chi connectivity index (χ0) is 17.8. The maximum Gasteiger partial charge on any atom is 0.0564 e. The molecule has 0 radical (unpaired) electrons. The first-order valence-corrected chi connectivity index (χ1v) is 10.2. The molecule has 4 rings (SSSR count). The number of fused-ring (bicyclic) bond motifs is 2. The van der Waals surface area contributed by atoms with Crippen LogP contribution in [0.2, 0.25) is 5.02 Å². The van der Waals surface area contributed by atoms with Crippen molar-refractivity contribution in [2.45, 2.75) is 32.6 Å². The van der Waals surface area contributed by atoms with Gasteiger partial charge < -0.3 is 5.32 Å². The fourth-order valence-corrected chi connectivity index (χ4v) is 4.60. The van der Waals surface area contributed by atoms with E-state index >= 15 is 0 Å². The summed E-state index contributed by atoms with van der Waals surface area (Å²) in [4.78, 5) is 4.78. The number of benzene rings is 1. The third-order valence-electron chi connectivity index (χ3n) is 4.91. The van der Waals surface area contributed by atoms with E-state index < -0.39 is 0 Å². The molecule has 1 aromatic carbocycles. The molecule has 1 fully saturated rings. The lowest BCUT2D eigenvalue weighted by Crippen LogP contribution is -2.31. The number of piperidine rings is 1. The highest BCUT2D eigenvalue weighted by atomic mass is 79.9. The summed E-state index contributed by atoms with van der Waals surface area (Å²) < 4.78 is 1.08. The number of nitrogens with zero attached hydrogens (tertiary/aromatic N) is 1. The van der Waals surface area contributed by atoms with Crippen LogP contribution >= 0.6 is 27.5 Å². The standard InChI is InChI=1S/C19H18BrClN2.C2H6/c20-17-11-13-10-14(21)3-4-15(13)18(12-5-8-22-9-6-12)19-16(17)2-1-7-23-19;1-2/h1-4,7,10-12,18,22H,5-6,8-9H2;1-2H3. The molecule has 1 aromatic heterocycles. The smallest absolute Gasteiger partial charge is 0.0564 e. The summed E-state index contributed by atoms with van der Waals surface area (Å²) in [5.74, 6) is 0.934. The fraction of sp³-hybridized carbons (Fsp3) is 0.381. The summed E-state index contributed by atoms with van der Waals surface area (Å²) in [6.45, 7) is 6.17. The Morgan fingerprint density at radius 3 is 2.68 bits per heavy atom. The highest BCUT2D eigenvalue weighted by Crippen LogP contribution is 2.45. The average molecular weight is 420 g/mol. The van der Waals surface area contributed by atoms with Crippen molar-refractivity contribution in [3.05, 3.63) is 63.9 Å². The third kappa shape index (κ3) is 3.84. The minimum atomic E-state index is 0.326. The van der Waals surface area contributed by atoms with Crippen molar-refractivity contribution in [1.82, 2.24) is 10.3 Å². The molecule has 0 spiro atoms. The highest BCUT2D eigenvalue weighted by Gasteiger charge is 2.32. The number of pyridine rings is 1. The molecule has 0 amide bonds. The Morgan fingerprint density at radius 2 is 1.92 bits per heavy atom. The largest absolute Gasteiger partial charge is 0.317 e. The lowest BCUT2D eigenvalue weighted by molar-refractivity contribution is 0.339. The second-order valence-electron chi connectivity index (χ2n) is 6.27. The van der Waals surface area contributed by atoms with Gasteiger partial charge in [-0.25, -0.2) is 0 Å². The van der Waals surface area contributed by atoms with Crippen molar-refractivity contribution in [3.8, 4) is 0 Å². The molecule has 2 aliphatic rings. The first-order valence-electron chi connectivity index (χ1n) is 9.06. The minimum Gasteiger partial charge on any atom is -0.317 e. The third-order valence-corrected chi connectivity index (χ3v) is 5.80. The van der Waals surface area contributed by atoms with E-state index in [0.29, 0.717) is 11.8 Å². The van der Waals surface area contributed by atoms with E-state index in [2.05, 4.69) is 45.5 Å². The van der Waals surface area contributed by atoms with Crippen molar-refractivity contribution >= 4 is 38.1 Å². The van der Waals surface area contributed by atoms with E-state index in [9.17, 15) is 0 Å². The normalized spacial score (nSPS) is 19.7. The molecule has 4 heteroatoms. The fourth-order valence-electron chi connectivity index (χ4n) is 3.84. The summed E-state index contributed by atoms with van der Waals surface area (Å²) in [5, 5.41) is 4.25. The lowest BCUT2D eigenvalue weighted by atomic mass is 9.76. The summed E-state index contributed by atoms with van der Waals surface area (Å²) in [6, 6.07) is 10.4. The zero-order valence-electron chi connectivity index (χ0n) is 14.7. The number of halogens is 2. The second kappa shape index (κ2) is 8.48. The van der Waals surface area contributed by atoms with E-state index in [1.165, 1.54) is 35.2 Å². The van der Waals surface area contributed by atoms with E-state index in [0.717, 1.165) is 22.6 Å². The Labute approximate surface area is 163 Å². The number of hydrogen-bond acceptors (Lipinski definition) is 2. The maximum absolute atomic E-state index is 6.25. The van der Waals surface area contributed by atoms with Gasteiger partial charge in [0, 0.05) is 27.2 Å². The van der Waals surface area contributed by atoms with Crippen molar-refractivity contribution in [1.29, 1.82) is 0 Å². The molecule has 2 nitrogen and oxygen atoms in total. The van der Waals surface area contributed by atoms with Crippen LogP contribution in [0.3, 0.4) is 0 Å². The van der Waals surface area contributed by atoms with Gasteiger partial charge in [0.1, 0.15) is 0 Å². The van der Waals surface area contributed by atoms with Crippen LogP contribution in [0.4, 0.5) is 0 Å². The van der Waals surface area contributed by atoms with Crippen molar-refractivity contribution < 1.29 is 0 Å². The molecular formula is C21H24BrClN2. The maximum atomic E-state index is 6.25. The Morgan fingerprint density at radius 1 is 1.16 bits per heavy atom. The molecule has 0 saturated carbocycles. The summed E-state index contributed by atoms with van der Waals surface area (Å²) in [7, 11) is 0. The van der Waals surface area contributed by atoms with Crippen LogP contribution in [0.5, 0.6) is 0 Å². The number of aromatic nitrogens is 1. The second-order valence-corrected chi connectivity index (χ2v) is 7.56. The Hall–Kier alpha value is -1.16. The SMILES string of the molecule is CC.Clc1ccc2c(c1)C=C(Br)c1cccnc1C2C1CCNCC1. The van der Waals surface area contributed by atoms with Gasteiger partial charge in [-0.3, -0.25) is 4.98 Å². The van der Waals surface area contributed by atoms with E-state index in [-0.39, 0.29) is 0 Å². The molecular weight excluding hydrogens is 396 g/mol. The van der Waals surface area contributed by atoms with Gasteiger partial charge in [-0.15, -0.1) is 0 Å². The van der Waals surface area contributed by atoms with Gasteiger partial charge >= 0.3 is 0 Å². The number of hydrogen-bond donors (Lipinski definition) is 1. The van der Waals surface area contributed by atoms with Crippen LogP contribution in [-0.2, 0) is 0 Å². The quantitative estimate of drug-likeness (QED) is 0.604. The molecule has 1 aliphatic heterocycles. The van der Waals surface area contributed by atoms with Gasteiger partial charge in [0.05, 0.1) is 5.69 Å². The van der Waals surface area contributed by atoms with E-state index in [1.54, 1.807) is 0 Å². The predicted molar refractivity (Wildman–Crippen MR) is 111 cm³/mol. The van der Waals surface area contributed by atoms with E-state index in [4.69, 9.17) is 16.6 Å². The van der Waals surface area contributed by atoms with Crippen molar-refractivity contribution in [3.63, 3.8) is 0 Å². The molecule has 2 aromatic rings. The van der Waals surface area contributed by atoms with Gasteiger partial charge in [-0.1, -0.05) is 53.5 Å². The van der Waals surface area contributed by atoms with Crippen molar-refractivity contribution in [2.24, 2.45) is 5.92 Å². The minimum absolute atomic E-state index is 0.326. The zero-order valence-corrected chi connectivity index (χ0v) is 17.1. The predicted octanol–water partition coefficient (Wildman–Crippen LogP) is 6.10. The monoisotopic (exact) mass is 418 g/mol. The Bertz CT molecular complexity index is 766. The van der Waals surface area contributed by atoms with Crippen LogP contribution in [-0.4, -0.2) is 18.1 Å². The number of rotatable bonds is 1. The molecule has 1 unspecified atom stereocenters.